The molecule has 7 nitrogen and oxygen atoms in total. The molecule has 21 heavy (non-hydrogen) atoms. The van der Waals surface area contributed by atoms with Gasteiger partial charge in [-0.15, -0.1) is 0 Å². The van der Waals surface area contributed by atoms with Crippen LogP contribution in [0.4, 0.5) is 0 Å². The van der Waals surface area contributed by atoms with E-state index in [-0.39, 0.29) is 24.3 Å². The number of nitrogens with zero attached hydrogens (tertiary/aromatic N) is 1. The number of piperazine rings is 1. The Morgan fingerprint density at radius 1 is 1.05 bits per heavy atom. The number of benzene rings is 1. The molecule has 0 bridgehead atoms. The van der Waals surface area contributed by atoms with Crippen LogP contribution in [0, 0.1) is 0 Å². The molecule has 7 heteroatoms. The maximum Gasteiger partial charge on any atom is 0.271 e. The van der Waals surface area contributed by atoms with E-state index in [2.05, 4.69) is 10.3 Å². The van der Waals surface area contributed by atoms with Crippen LogP contribution in [0.1, 0.15) is 10.5 Å². The predicted octanol–water partition coefficient (Wildman–Crippen LogP) is -0.373. The van der Waals surface area contributed by atoms with Crippen LogP contribution in [0.2, 0.25) is 0 Å². The van der Waals surface area contributed by atoms with Crippen molar-refractivity contribution in [2.24, 2.45) is 0 Å². The van der Waals surface area contributed by atoms with Gasteiger partial charge in [0.25, 0.3) is 11.5 Å². The number of pyridine rings is 1. The highest BCUT2D eigenvalue weighted by Crippen LogP contribution is 2.11. The second kappa shape index (κ2) is 4.86. The molecule has 0 aliphatic carbocycles. The van der Waals surface area contributed by atoms with Crippen molar-refractivity contribution in [2.45, 2.75) is 0 Å². The van der Waals surface area contributed by atoms with E-state index in [0.29, 0.717) is 10.8 Å². The molecular weight excluding hydrogens is 274 g/mol. The summed E-state index contributed by atoms with van der Waals surface area (Å²) < 4.78 is 0. The number of fused-ring (bicyclic) bond motifs is 1. The zero-order chi connectivity index (χ0) is 15.0. The summed E-state index contributed by atoms with van der Waals surface area (Å²) in [6.45, 7) is -0.418. The van der Waals surface area contributed by atoms with Crippen molar-refractivity contribution >= 4 is 28.5 Å². The van der Waals surface area contributed by atoms with Gasteiger partial charge < -0.3 is 9.88 Å². The molecule has 1 aromatic carbocycles. The van der Waals surface area contributed by atoms with Gasteiger partial charge in [0.1, 0.15) is 18.8 Å². The first-order chi connectivity index (χ1) is 10.0. The van der Waals surface area contributed by atoms with E-state index in [9.17, 15) is 19.2 Å². The summed E-state index contributed by atoms with van der Waals surface area (Å²) in [6, 6.07) is 8.40. The summed E-state index contributed by atoms with van der Waals surface area (Å²) in [5.41, 5.74) is -0.328. The number of rotatable bonds is 1. The molecule has 2 heterocycles. The highest BCUT2D eigenvalue weighted by Gasteiger charge is 2.27. The van der Waals surface area contributed by atoms with Gasteiger partial charge in [0.05, 0.1) is 0 Å². The Labute approximate surface area is 118 Å². The Balaban J connectivity index is 2.00. The molecule has 1 aliphatic heterocycles. The number of hydrogen-bond donors (Lipinski definition) is 2. The lowest BCUT2D eigenvalue weighted by Gasteiger charge is -2.25. The number of nitrogens with one attached hydrogen (secondary N) is 2. The Kier molecular flexibility index (Phi) is 3.02. The van der Waals surface area contributed by atoms with Gasteiger partial charge in [0.15, 0.2) is 0 Å². The third kappa shape index (κ3) is 2.40. The van der Waals surface area contributed by atoms with E-state index in [4.69, 9.17) is 0 Å². The van der Waals surface area contributed by atoms with Crippen LogP contribution < -0.4 is 10.9 Å². The molecule has 1 fully saturated rings. The van der Waals surface area contributed by atoms with Gasteiger partial charge in [-0.1, -0.05) is 18.2 Å². The standard InChI is InChI=1S/C14H11N3O4/c18-11-6-17(7-12(19)16-11)14(21)10-5-8-3-1-2-4-9(8)13(20)15-10/h1-5H,6-7H2,(H,15,20)(H,16,18,19). The van der Waals surface area contributed by atoms with E-state index in [1.165, 1.54) is 6.07 Å². The van der Waals surface area contributed by atoms with Crippen molar-refractivity contribution in [3.8, 4) is 0 Å². The Morgan fingerprint density at radius 3 is 2.43 bits per heavy atom. The summed E-state index contributed by atoms with van der Waals surface area (Å²) in [7, 11) is 0. The van der Waals surface area contributed by atoms with E-state index in [0.717, 1.165) is 4.90 Å². The Morgan fingerprint density at radius 2 is 1.71 bits per heavy atom. The summed E-state index contributed by atoms with van der Waals surface area (Å²) in [4.78, 5) is 50.4. The van der Waals surface area contributed by atoms with Crippen LogP contribution in [0.15, 0.2) is 35.1 Å². The average molecular weight is 285 g/mol. The SMILES string of the molecule is O=C1CN(C(=O)c2cc3ccccc3c(=O)[nH]2)CC(=O)N1. The van der Waals surface area contributed by atoms with Crippen LogP contribution in [0.5, 0.6) is 0 Å². The number of aromatic amines is 1. The van der Waals surface area contributed by atoms with Crippen molar-refractivity contribution < 1.29 is 14.4 Å². The molecule has 1 aliphatic rings. The number of imide groups is 1. The van der Waals surface area contributed by atoms with E-state index >= 15 is 0 Å². The average Bonchev–Trinajstić information content (AvgIpc) is 2.45. The Bertz CT molecular complexity index is 808. The molecule has 0 unspecified atom stereocenters. The molecule has 106 valence electrons. The molecule has 3 amide bonds. The van der Waals surface area contributed by atoms with E-state index < -0.39 is 17.7 Å². The van der Waals surface area contributed by atoms with Crippen LogP contribution in [0.3, 0.4) is 0 Å². The number of carbonyl (C=O) groups is 3. The molecule has 2 N–H and O–H groups in total. The van der Waals surface area contributed by atoms with Gasteiger partial charge in [0.2, 0.25) is 11.8 Å². The Hall–Kier alpha value is -2.96. The zero-order valence-corrected chi connectivity index (χ0v) is 10.9. The fourth-order valence-electron chi connectivity index (χ4n) is 2.28. The zero-order valence-electron chi connectivity index (χ0n) is 10.9. The maximum atomic E-state index is 12.3. The molecule has 3 rings (SSSR count). The highest BCUT2D eigenvalue weighted by atomic mass is 16.2. The summed E-state index contributed by atoms with van der Waals surface area (Å²) in [5.74, 6) is -1.63. The quantitative estimate of drug-likeness (QED) is 0.698. The predicted molar refractivity (Wildman–Crippen MR) is 73.6 cm³/mol. The largest absolute Gasteiger partial charge is 0.319 e. The fourth-order valence-corrected chi connectivity index (χ4v) is 2.28. The summed E-state index contributed by atoms with van der Waals surface area (Å²) >= 11 is 0. The molecule has 2 aromatic rings. The minimum atomic E-state index is -0.555. The normalized spacial score (nSPS) is 15.1. The summed E-state index contributed by atoms with van der Waals surface area (Å²) in [5, 5.41) is 3.21. The molecule has 0 atom stereocenters. The van der Waals surface area contributed by atoms with Gasteiger partial charge in [-0.25, -0.2) is 0 Å². The molecule has 1 aromatic heterocycles. The van der Waals surface area contributed by atoms with Gasteiger partial charge in [0, 0.05) is 5.39 Å². The monoisotopic (exact) mass is 285 g/mol. The number of hydrogen-bond acceptors (Lipinski definition) is 4. The van der Waals surface area contributed by atoms with Crippen LogP contribution in [0.25, 0.3) is 10.8 Å². The van der Waals surface area contributed by atoms with Crippen LogP contribution in [-0.2, 0) is 9.59 Å². The van der Waals surface area contributed by atoms with Gasteiger partial charge in [-0.3, -0.25) is 24.5 Å². The third-order valence-electron chi connectivity index (χ3n) is 3.22. The first kappa shape index (κ1) is 13.0. The molecule has 0 saturated carbocycles. The van der Waals surface area contributed by atoms with Crippen molar-refractivity contribution in [2.75, 3.05) is 13.1 Å². The first-order valence-electron chi connectivity index (χ1n) is 6.28. The van der Waals surface area contributed by atoms with E-state index in [1.54, 1.807) is 24.3 Å². The van der Waals surface area contributed by atoms with Crippen molar-refractivity contribution in [1.82, 2.24) is 15.2 Å². The number of aromatic nitrogens is 1. The lowest BCUT2D eigenvalue weighted by Crippen LogP contribution is -2.53. The van der Waals surface area contributed by atoms with Crippen molar-refractivity contribution in [3.05, 3.63) is 46.4 Å². The third-order valence-corrected chi connectivity index (χ3v) is 3.22. The number of carbonyl (C=O) groups excluding carboxylic acids is 3. The lowest BCUT2D eigenvalue weighted by atomic mass is 10.1. The summed E-state index contributed by atoms with van der Waals surface area (Å²) in [6.07, 6.45) is 0. The highest BCUT2D eigenvalue weighted by molar-refractivity contribution is 6.05. The molecule has 0 radical (unpaired) electrons. The smallest absolute Gasteiger partial charge is 0.271 e. The van der Waals surface area contributed by atoms with Crippen molar-refractivity contribution in [1.29, 1.82) is 0 Å². The van der Waals surface area contributed by atoms with E-state index in [1.807, 2.05) is 0 Å². The molecule has 1 saturated heterocycles. The lowest BCUT2D eigenvalue weighted by molar-refractivity contribution is -0.135. The number of H-pyrrole nitrogens is 1. The van der Waals surface area contributed by atoms with Crippen LogP contribution in [-0.4, -0.2) is 40.7 Å². The first-order valence-corrected chi connectivity index (χ1v) is 6.28. The second-order valence-corrected chi connectivity index (χ2v) is 4.73. The van der Waals surface area contributed by atoms with Gasteiger partial charge in [-0.05, 0) is 17.5 Å². The second-order valence-electron chi connectivity index (χ2n) is 4.73. The van der Waals surface area contributed by atoms with Gasteiger partial charge in [-0.2, -0.15) is 0 Å². The topological polar surface area (TPSA) is 99.3 Å². The van der Waals surface area contributed by atoms with Gasteiger partial charge >= 0.3 is 0 Å². The minimum Gasteiger partial charge on any atom is -0.319 e. The number of amides is 3. The molecular formula is C14H11N3O4. The van der Waals surface area contributed by atoms with Crippen molar-refractivity contribution in [3.63, 3.8) is 0 Å². The maximum absolute atomic E-state index is 12.3. The fraction of sp³-hybridized carbons (Fsp3) is 0.143. The minimum absolute atomic E-state index is 0.0567. The van der Waals surface area contributed by atoms with Crippen LogP contribution >= 0.6 is 0 Å². The molecule has 0 spiro atoms.